The topological polar surface area (TPSA) is 146 Å². The number of ether oxygens (including phenoxy) is 2. The lowest BCUT2D eigenvalue weighted by Gasteiger charge is -2.34. The Bertz CT molecular complexity index is 1460. The molecule has 1 saturated carbocycles. The smallest absolute Gasteiger partial charge is 0.340 e. The molecule has 11 heteroatoms. The minimum absolute atomic E-state index is 0.00626. The van der Waals surface area contributed by atoms with Crippen LogP contribution in [0.2, 0.25) is 0 Å². The summed E-state index contributed by atoms with van der Waals surface area (Å²) in [6.07, 6.45) is 5.27. The molecule has 10 nitrogen and oxygen atoms in total. The Balaban J connectivity index is 1.46. The van der Waals surface area contributed by atoms with Gasteiger partial charge in [0, 0.05) is 42.9 Å². The van der Waals surface area contributed by atoms with Crippen molar-refractivity contribution in [1.82, 2.24) is 15.0 Å². The third-order valence-electron chi connectivity index (χ3n) is 6.70. The lowest BCUT2D eigenvalue weighted by Crippen LogP contribution is -2.42. The van der Waals surface area contributed by atoms with Crippen LogP contribution < -0.4 is 15.8 Å². The molecule has 1 atom stereocenters. The predicted octanol–water partition coefficient (Wildman–Crippen LogP) is 3.19. The molecule has 2 aliphatic rings. The van der Waals surface area contributed by atoms with E-state index in [0.717, 1.165) is 10.9 Å². The molecule has 0 aromatic carbocycles. The fourth-order valence-electron chi connectivity index (χ4n) is 4.49. The number of carbonyl (C=O) groups is 1. The molecule has 0 unspecified atom stereocenters. The molecule has 0 radical (unpaired) electrons. The number of rotatable bonds is 6. The summed E-state index contributed by atoms with van der Waals surface area (Å²) in [6, 6.07) is 5.29. The summed E-state index contributed by atoms with van der Waals surface area (Å²) in [5.74, 6) is 1.13. The van der Waals surface area contributed by atoms with Crippen LogP contribution in [0.5, 0.6) is 5.88 Å². The van der Waals surface area contributed by atoms with Crippen LogP contribution in [0.1, 0.15) is 61.1 Å². The first kappa shape index (κ1) is 24.4. The van der Waals surface area contributed by atoms with E-state index in [-0.39, 0.29) is 23.2 Å². The molecule has 1 aliphatic heterocycles. The van der Waals surface area contributed by atoms with E-state index in [2.05, 4.69) is 20.3 Å². The Morgan fingerprint density at radius 2 is 1.89 bits per heavy atom. The number of carbonyl (C=O) groups excluding carboxylic acids is 1. The summed E-state index contributed by atoms with van der Waals surface area (Å²) in [5, 5.41) is 4.35. The Morgan fingerprint density at radius 1 is 1.14 bits per heavy atom. The van der Waals surface area contributed by atoms with Crippen LogP contribution in [0, 0.1) is 0 Å². The van der Waals surface area contributed by atoms with Crippen molar-refractivity contribution < 1.29 is 22.7 Å². The first-order valence-corrected chi connectivity index (χ1v) is 13.7. The quantitative estimate of drug-likeness (QED) is 0.473. The van der Waals surface area contributed by atoms with Crippen LogP contribution in [-0.4, -0.2) is 53.6 Å². The van der Waals surface area contributed by atoms with Gasteiger partial charge in [0.2, 0.25) is 5.88 Å². The van der Waals surface area contributed by atoms with Gasteiger partial charge in [-0.1, -0.05) is 6.92 Å². The molecular weight excluding hydrogens is 482 g/mol. The number of anilines is 2. The number of aromatic nitrogens is 3. The van der Waals surface area contributed by atoms with Gasteiger partial charge in [0.05, 0.1) is 28.5 Å². The van der Waals surface area contributed by atoms with Crippen LogP contribution in [0.4, 0.5) is 11.6 Å². The standard InChI is InChI=1S/C25H29N5O5S/c1-13-12-34-24(31)16-5-6-20(30-22(13)16)29-21-9-17-18(10-27-21)23(28-11-19(17)25(2,3)26)35-14-7-15(8-14)36(4,32)33/h5-6,9-11,13-15H,7-8,12,26H2,1-4H3,(H,27,29,30)/t13-,14?,15?/m1/s1. The zero-order valence-corrected chi connectivity index (χ0v) is 21.4. The van der Waals surface area contributed by atoms with Crippen molar-refractivity contribution >= 4 is 38.2 Å². The summed E-state index contributed by atoms with van der Waals surface area (Å²) < 4.78 is 34.7. The van der Waals surface area contributed by atoms with Gasteiger partial charge in [0.15, 0.2) is 9.84 Å². The molecule has 1 aliphatic carbocycles. The summed E-state index contributed by atoms with van der Waals surface area (Å²) >= 11 is 0. The molecular formula is C25H29N5O5S. The number of nitrogens with one attached hydrogen (secondary N) is 1. The second-order valence-electron chi connectivity index (χ2n) is 10.2. The van der Waals surface area contributed by atoms with E-state index >= 15 is 0 Å². The van der Waals surface area contributed by atoms with Crippen molar-refractivity contribution in [3.63, 3.8) is 0 Å². The molecule has 5 rings (SSSR count). The van der Waals surface area contributed by atoms with Gasteiger partial charge in [0.25, 0.3) is 0 Å². The van der Waals surface area contributed by atoms with Crippen LogP contribution in [0.25, 0.3) is 10.8 Å². The van der Waals surface area contributed by atoms with E-state index in [9.17, 15) is 13.2 Å². The third-order valence-corrected chi connectivity index (χ3v) is 8.29. The number of nitrogens with two attached hydrogens (primary N) is 1. The maximum absolute atomic E-state index is 12.0. The van der Waals surface area contributed by atoms with E-state index in [0.29, 0.717) is 53.6 Å². The molecule has 0 saturated heterocycles. The fourth-order valence-corrected chi connectivity index (χ4v) is 5.62. The van der Waals surface area contributed by atoms with E-state index in [1.807, 2.05) is 26.8 Å². The maximum Gasteiger partial charge on any atom is 0.340 e. The molecule has 3 aromatic rings. The van der Waals surface area contributed by atoms with E-state index < -0.39 is 15.4 Å². The SMILES string of the molecule is C[C@@H]1COC(=O)c2ccc(Nc3cc4c(C(C)(C)N)cnc(OC5CC(S(C)(=O)=O)C5)c4cn3)nc21. The Labute approximate surface area is 209 Å². The highest BCUT2D eigenvalue weighted by molar-refractivity contribution is 7.91. The number of sulfone groups is 1. The number of cyclic esters (lactones) is 1. The average molecular weight is 512 g/mol. The van der Waals surface area contributed by atoms with Gasteiger partial charge in [-0.2, -0.15) is 0 Å². The van der Waals surface area contributed by atoms with Crippen LogP contribution in [0.15, 0.2) is 30.6 Å². The van der Waals surface area contributed by atoms with Crippen molar-refractivity contribution in [3.05, 3.63) is 47.4 Å². The molecule has 190 valence electrons. The summed E-state index contributed by atoms with van der Waals surface area (Å²) in [6.45, 7) is 6.05. The molecule has 0 bridgehead atoms. The molecule has 3 aromatic heterocycles. The van der Waals surface area contributed by atoms with Gasteiger partial charge in [0.1, 0.15) is 17.7 Å². The summed E-state index contributed by atoms with van der Waals surface area (Å²) in [5.41, 5.74) is 7.73. The van der Waals surface area contributed by atoms with Crippen molar-refractivity contribution in [2.24, 2.45) is 5.73 Å². The Kier molecular flexibility index (Phi) is 5.87. The van der Waals surface area contributed by atoms with Gasteiger partial charge in [-0.05, 0) is 43.0 Å². The van der Waals surface area contributed by atoms with Gasteiger partial charge in [-0.15, -0.1) is 0 Å². The molecule has 0 amide bonds. The van der Waals surface area contributed by atoms with Crippen LogP contribution in [0.3, 0.4) is 0 Å². The minimum Gasteiger partial charge on any atom is -0.474 e. The average Bonchev–Trinajstić information content (AvgIpc) is 2.76. The first-order chi connectivity index (χ1) is 16.9. The van der Waals surface area contributed by atoms with Crippen molar-refractivity contribution in [2.75, 3.05) is 18.2 Å². The van der Waals surface area contributed by atoms with Gasteiger partial charge in [-0.25, -0.2) is 28.2 Å². The number of pyridine rings is 3. The minimum atomic E-state index is -3.08. The predicted molar refractivity (Wildman–Crippen MR) is 135 cm³/mol. The largest absolute Gasteiger partial charge is 0.474 e. The molecule has 4 heterocycles. The van der Waals surface area contributed by atoms with Crippen LogP contribution in [-0.2, 0) is 20.1 Å². The fraction of sp³-hybridized carbons (Fsp3) is 0.440. The number of hydrogen-bond acceptors (Lipinski definition) is 10. The highest BCUT2D eigenvalue weighted by atomic mass is 32.2. The van der Waals surface area contributed by atoms with Gasteiger partial charge < -0.3 is 20.5 Å². The lowest BCUT2D eigenvalue weighted by atomic mass is 9.92. The van der Waals surface area contributed by atoms with Crippen molar-refractivity contribution in [2.45, 2.75) is 56.4 Å². The van der Waals surface area contributed by atoms with Gasteiger partial charge >= 0.3 is 5.97 Å². The summed E-state index contributed by atoms with van der Waals surface area (Å²) in [7, 11) is -3.08. The second-order valence-corrected chi connectivity index (χ2v) is 12.6. The molecule has 3 N–H and O–H groups in total. The number of nitrogens with zero attached hydrogens (tertiary/aromatic N) is 3. The van der Waals surface area contributed by atoms with E-state index in [1.165, 1.54) is 6.26 Å². The molecule has 1 fully saturated rings. The van der Waals surface area contributed by atoms with Gasteiger partial charge in [-0.3, -0.25) is 0 Å². The van der Waals surface area contributed by atoms with Crippen molar-refractivity contribution in [3.8, 4) is 5.88 Å². The number of fused-ring (bicyclic) bond motifs is 2. The zero-order chi connectivity index (χ0) is 25.8. The maximum atomic E-state index is 12.0. The van der Waals surface area contributed by atoms with Crippen molar-refractivity contribution in [1.29, 1.82) is 0 Å². The Morgan fingerprint density at radius 3 is 2.58 bits per heavy atom. The normalized spacial score (nSPS) is 21.9. The summed E-state index contributed by atoms with van der Waals surface area (Å²) in [4.78, 5) is 25.7. The van der Waals surface area contributed by atoms with E-state index in [1.54, 1.807) is 24.5 Å². The Hall–Kier alpha value is -3.31. The molecule has 0 spiro atoms. The first-order valence-electron chi connectivity index (χ1n) is 11.8. The molecule has 36 heavy (non-hydrogen) atoms. The highest BCUT2D eigenvalue weighted by Crippen LogP contribution is 2.36. The van der Waals surface area contributed by atoms with Crippen LogP contribution >= 0.6 is 0 Å². The van der Waals surface area contributed by atoms with E-state index in [4.69, 9.17) is 15.2 Å². The third kappa shape index (κ3) is 4.60. The number of hydrogen-bond donors (Lipinski definition) is 2. The zero-order valence-electron chi connectivity index (χ0n) is 20.6. The second kappa shape index (κ2) is 8.67. The highest BCUT2D eigenvalue weighted by Gasteiger charge is 2.38. The monoisotopic (exact) mass is 511 g/mol. The number of esters is 1. The lowest BCUT2D eigenvalue weighted by molar-refractivity contribution is 0.0445.